The molecule has 0 nitrogen and oxygen atoms in total. The minimum atomic E-state index is -1.68. The van der Waals surface area contributed by atoms with Crippen LogP contribution in [0.1, 0.15) is 19.8 Å². The van der Waals surface area contributed by atoms with Crippen LogP contribution in [0.15, 0.2) is 115 Å². The molecule has 3 rings (SSSR count). The Morgan fingerprint density at radius 2 is 1.04 bits per heavy atom. The summed E-state index contributed by atoms with van der Waals surface area (Å²) in [4.78, 5) is 0. The van der Waals surface area contributed by atoms with Crippen LogP contribution in [-0.4, -0.2) is 6.16 Å². The van der Waals surface area contributed by atoms with Crippen molar-refractivity contribution in [3.05, 3.63) is 115 Å². The fraction of sp³-hybridized carbons (Fsp3) is 0.154. The van der Waals surface area contributed by atoms with E-state index >= 15 is 0 Å². The lowest BCUT2D eigenvalue weighted by molar-refractivity contribution is -0.00000532. The van der Waals surface area contributed by atoms with E-state index in [0.29, 0.717) is 0 Å². The summed E-state index contributed by atoms with van der Waals surface area (Å²) in [7, 11) is -1.68. The van der Waals surface area contributed by atoms with Crippen LogP contribution >= 0.6 is 7.26 Å². The zero-order valence-corrected chi connectivity index (χ0v) is 19.5. The van der Waals surface area contributed by atoms with E-state index in [4.69, 9.17) is 0 Å². The molecule has 0 aromatic heterocycles. The van der Waals surface area contributed by atoms with Crippen LogP contribution in [0.4, 0.5) is 0 Å². The average Bonchev–Trinajstić information content (AvgIpc) is 2.75. The molecule has 0 aliphatic rings. The zero-order valence-electron chi connectivity index (χ0n) is 16.4. The molecule has 0 saturated carbocycles. The normalized spacial score (nSPS) is 11.6. The van der Waals surface area contributed by atoms with Gasteiger partial charge in [-0.2, -0.15) is 0 Å². The lowest BCUT2D eigenvalue weighted by Gasteiger charge is -2.27. The van der Waals surface area contributed by atoms with Crippen molar-refractivity contribution >= 4 is 23.2 Å². The van der Waals surface area contributed by atoms with Gasteiger partial charge in [0, 0.05) is 6.42 Å². The van der Waals surface area contributed by atoms with Crippen molar-refractivity contribution in [3.8, 4) is 0 Å². The first-order valence-corrected chi connectivity index (χ1v) is 11.7. The van der Waals surface area contributed by atoms with Gasteiger partial charge in [0.25, 0.3) is 0 Å². The molecule has 0 bridgehead atoms. The largest absolute Gasteiger partial charge is 1.00 e. The summed E-state index contributed by atoms with van der Waals surface area (Å²) in [6.45, 7) is 2.07. The maximum atomic E-state index is 2.35. The van der Waals surface area contributed by atoms with E-state index < -0.39 is 7.26 Å². The summed E-state index contributed by atoms with van der Waals surface area (Å²) in [6, 6.07) is 33.3. The molecule has 0 spiro atoms. The van der Waals surface area contributed by atoms with Crippen LogP contribution in [0.25, 0.3) is 0 Å². The molecule has 0 radical (unpaired) electrons. The van der Waals surface area contributed by atoms with Crippen LogP contribution in [0, 0.1) is 0 Å². The van der Waals surface area contributed by atoms with Gasteiger partial charge in [0.15, 0.2) is 0 Å². The van der Waals surface area contributed by atoms with Crippen molar-refractivity contribution in [1.82, 2.24) is 0 Å². The summed E-state index contributed by atoms with van der Waals surface area (Å²) in [5.74, 6) is 0. The summed E-state index contributed by atoms with van der Waals surface area (Å²) in [5.41, 5.74) is 0. The molecule has 0 aliphatic heterocycles. The van der Waals surface area contributed by atoms with Gasteiger partial charge in [-0.3, -0.25) is 0 Å². The monoisotopic (exact) mass is 498 g/mol. The van der Waals surface area contributed by atoms with Crippen molar-refractivity contribution < 1.29 is 24.0 Å². The molecule has 144 valence electrons. The van der Waals surface area contributed by atoms with E-state index in [1.165, 1.54) is 15.9 Å². The molecule has 2 heteroatoms. The number of halogens is 1. The Kier molecular flexibility index (Phi) is 9.67. The number of hydrogen-bond donors (Lipinski definition) is 0. The second-order valence-electron chi connectivity index (χ2n) is 6.60. The minimum Gasteiger partial charge on any atom is -1.00 e. The van der Waals surface area contributed by atoms with Crippen LogP contribution < -0.4 is 39.9 Å². The molecule has 0 unspecified atom stereocenters. The molecular weight excluding hydrogens is 470 g/mol. The van der Waals surface area contributed by atoms with Crippen molar-refractivity contribution in [2.45, 2.75) is 19.8 Å². The van der Waals surface area contributed by atoms with Gasteiger partial charge in [-0.1, -0.05) is 78.9 Å². The Morgan fingerprint density at radius 3 is 1.43 bits per heavy atom. The quantitative estimate of drug-likeness (QED) is 0.255. The predicted molar refractivity (Wildman–Crippen MR) is 123 cm³/mol. The second-order valence-corrected chi connectivity index (χ2v) is 10.2. The molecule has 28 heavy (non-hydrogen) atoms. The van der Waals surface area contributed by atoms with Crippen LogP contribution in [-0.2, 0) is 0 Å². The number of benzene rings is 3. The summed E-state index contributed by atoms with van der Waals surface area (Å²) in [6.07, 6.45) is 12.2. The summed E-state index contributed by atoms with van der Waals surface area (Å²) in [5, 5.41) is 4.39. The van der Waals surface area contributed by atoms with Crippen LogP contribution in [0.5, 0.6) is 0 Å². The molecule has 0 saturated heterocycles. The Morgan fingerprint density at radius 1 is 0.607 bits per heavy atom. The number of hydrogen-bond acceptors (Lipinski definition) is 0. The SMILES string of the molecule is CC=CCC=CCC[P+](c1ccccc1)(c1ccccc1)c1ccccc1.[I-]. The highest BCUT2D eigenvalue weighted by atomic mass is 127. The average molecular weight is 498 g/mol. The molecule has 0 amide bonds. The van der Waals surface area contributed by atoms with Crippen molar-refractivity contribution in [2.24, 2.45) is 0 Å². The second kappa shape index (κ2) is 12.0. The van der Waals surface area contributed by atoms with E-state index in [9.17, 15) is 0 Å². The number of rotatable bonds is 8. The predicted octanol–water partition coefficient (Wildman–Crippen LogP) is 2.90. The molecule has 0 atom stereocenters. The van der Waals surface area contributed by atoms with Crippen molar-refractivity contribution in [3.63, 3.8) is 0 Å². The highest BCUT2D eigenvalue weighted by Gasteiger charge is 2.44. The lowest BCUT2D eigenvalue weighted by atomic mass is 10.3. The standard InChI is InChI=1S/C26H28P.HI/c1-2-3-4-5-6-16-23-27(24-17-10-7-11-18-24,25-19-12-8-13-20-25)26-21-14-9-15-22-26;/h2-3,5-15,17-22H,4,16,23H2,1H3;1H/q+1;/p-1. The topological polar surface area (TPSA) is 0 Å². The van der Waals surface area contributed by atoms with Gasteiger partial charge in [0.2, 0.25) is 0 Å². The van der Waals surface area contributed by atoms with E-state index in [2.05, 4.69) is 122 Å². The summed E-state index contributed by atoms with van der Waals surface area (Å²) >= 11 is 0. The fourth-order valence-corrected chi connectivity index (χ4v) is 7.83. The minimum absolute atomic E-state index is 0. The Labute approximate surface area is 187 Å². The van der Waals surface area contributed by atoms with E-state index in [1.807, 2.05) is 0 Å². The third-order valence-electron chi connectivity index (χ3n) is 4.90. The fourth-order valence-electron chi connectivity index (χ4n) is 3.58. The third kappa shape index (κ3) is 5.43. The molecule has 0 aliphatic carbocycles. The van der Waals surface area contributed by atoms with E-state index in [0.717, 1.165) is 19.0 Å². The Balaban J connectivity index is 0.00000280. The molecular formula is C26H28IP. The maximum absolute atomic E-state index is 2.35. The molecule has 3 aromatic carbocycles. The van der Waals surface area contributed by atoms with Gasteiger partial charge in [-0.05, 0) is 49.7 Å². The maximum Gasteiger partial charge on any atom is 0.112 e. The van der Waals surface area contributed by atoms with E-state index in [-0.39, 0.29) is 24.0 Å². The van der Waals surface area contributed by atoms with E-state index in [1.54, 1.807) is 0 Å². The highest BCUT2D eigenvalue weighted by molar-refractivity contribution is 7.95. The van der Waals surface area contributed by atoms with Gasteiger partial charge >= 0.3 is 0 Å². The number of allylic oxidation sites excluding steroid dienone is 4. The van der Waals surface area contributed by atoms with Gasteiger partial charge in [0.05, 0.1) is 6.16 Å². The molecule has 3 aromatic rings. The first-order chi connectivity index (χ1) is 13.4. The summed E-state index contributed by atoms with van der Waals surface area (Å²) < 4.78 is 0. The van der Waals surface area contributed by atoms with Gasteiger partial charge < -0.3 is 24.0 Å². The Hall–Kier alpha value is -1.70. The smallest absolute Gasteiger partial charge is 0.112 e. The molecule has 0 heterocycles. The molecule has 0 N–H and O–H groups in total. The first-order valence-electron chi connectivity index (χ1n) is 9.69. The van der Waals surface area contributed by atoms with Crippen LogP contribution in [0.3, 0.4) is 0 Å². The first kappa shape index (κ1) is 22.6. The lowest BCUT2D eigenvalue weighted by Crippen LogP contribution is -3.00. The zero-order chi connectivity index (χ0) is 18.8. The van der Waals surface area contributed by atoms with Gasteiger partial charge in [-0.25, -0.2) is 0 Å². The highest BCUT2D eigenvalue weighted by Crippen LogP contribution is 2.55. The third-order valence-corrected chi connectivity index (χ3v) is 9.36. The Bertz CT molecular complexity index is 758. The van der Waals surface area contributed by atoms with Crippen molar-refractivity contribution in [2.75, 3.05) is 6.16 Å². The van der Waals surface area contributed by atoms with Gasteiger partial charge in [0.1, 0.15) is 23.2 Å². The van der Waals surface area contributed by atoms with Crippen LogP contribution in [0.2, 0.25) is 0 Å². The van der Waals surface area contributed by atoms with Gasteiger partial charge in [-0.15, -0.1) is 0 Å². The van der Waals surface area contributed by atoms with Crippen molar-refractivity contribution in [1.29, 1.82) is 0 Å². The molecule has 0 fully saturated rings.